The number of pyridine rings is 1. The first kappa shape index (κ1) is 25.5. The summed E-state index contributed by atoms with van der Waals surface area (Å²) in [5, 5.41) is 38.6. The van der Waals surface area contributed by atoms with E-state index in [4.69, 9.17) is 0 Å². The minimum absolute atomic E-state index is 0.0519. The van der Waals surface area contributed by atoms with Crippen LogP contribution in [-0.4, -0.2) is 57.9 Å². The molecule has 0 aliphatic heterocycles. The van der Waals surface area contributed by atoms with Gasteiger partial charge >= 0.3 is 0 Å². The van der Waals surface area contributed by atoms with Crippen molar-refractivity contribution in [3.63, 3.8) is 0 Å². The van der Waals surface area contributed by atoms with Crippen molar-refractivity contribution < 1.29 is 19.7 Å². The van der Waals surface area contributed by atoms with Gasteiger partial charge in [-0.3, -0.25) is 4.98 Å². The van der Waals surface area contributed by atoms with E-state index in [0.717, 1.165) is 16.3 Å². The van der Waals surface area contributed by atoms with Crippen molar-refractivity contribution in [1.29, 1.82) is 0 Å². The number of halogens is 1. The predicted octanol–water partition coefficient (Wildman–Crippen LogP) is 4.57. The highest BCUT2D eigenvalue weighted by Gasteiger charge is 2.62. The van der Waals surface area contributed by atoms with Gasteiger partial charge in [0.15, 0.2) is 0 Å². The van der Waals surface area contributed by atoms with Crippen LogP contribution in [0.4, 0.5) is 4.39 Å². The SMILES string of the molecule is CC12CC=C3C(O)C4(F)CC(O)CCC4CC[C@]3(O)C1CC=C2c1ccc2cnccc2c1.CNC. The molecule has 1 heterocycles. The summed E-state index contributed by atoms with van der Waals surface area (Å²) >= 11 is 0. The zero-order valence-corrected chi connectivity index (χ0v) is 21.5. The van der Waals surface area contributed by atoms with Crippen molar-refractivity contribution in [3.8, 4) is 0 Å². The van der Waals surface area contributed by atoms with Gasteiger partial charge in [-0.25, -0.2) is 4.39 Å². The average Bonchev–Trinajstić information content (AvgIpc) is 3.18. The Morgan fingerprint density at radius 3 is 2.61 bits per heavy atom. The first-order valence-corrected chi connectivity index (χ1v) is 13.3. The highest BCUT2D eigenvalue weighted by Crippen LogP contribution is 2.63. The third-order valence-corrected chi connectivity index (χ3v) is 9.41. The monoisotopic (exact) mass is 494 g/mol. The lowest BCUT2D eigenvalue weighted by Gasteiger charge is -2.50. The molecule has 1 aromatic heterocycles. The molecule has 2 fully saturated rings. The molecule has 0 spiro atoms. The highest BCUT2D eigenvalue weighted by atomic mass is 19.1. The fraction of sp³-hybridized carbons (Fsp3) is 0.567. The number of aromatic nitrogens is 1. The van der Waals surface area contributed by atoms with Crippen molar-refractivity contribution in [2.45, 2.75) is 75.3 Å². The number of alkyl halides is 1. The van der Waals surface area contributed by atoms with E-state index in [9.17, 15) is 15.3 Å². The van der Waals surface area contributed by atoms with Crippen LogP contribution in [0.25, 0.3) is 16.3 Å². The molecule has 4 aliphatic rings. The van der Waals surface area contributed by atoms with Crippen molar-refractivity contribution in [2.24, 2.45) is 17.3 Å². The van der Waals surface area contributed by atoms with Gasteiger partial charge in [-0.2, -0.15) is 0 Å². The molecule has 6 rings (SSSR count). The average molecular weight is 495 g/mol. The van der Waals surface area contributed by atoms with E-state index in [1.54, 1.807) is 6.20 Å². The number of hydrogen-bond acceptors (Lipinski definition) is 5. The maximum atomic E-state index is 16.2. The first-order chi connectivity index (χ1) is 17.2. The number of hydrogen-bond donors (Lipinski definition) is 4. The van der Waals surface area contributed by atoms with Crippen LogP contribution < -0.4 is 5.32 Å². The summed E-state index contributed by atoms with van der Waals surface area (Å²) in [6.07, 6.45) is 9.10. The lowest BCUT2D eigenvalue weighted by atomic mass is 9.57. The smallest absolute Gasteiger partial charge is 0.145 e. The summed E-state index contributed by atoms with van der Waals surface area (Å²) in [5.41, 5.74) is -0.598. The van der Waals surface area contributed by atoms with Gasteiger partial charge in [0.05, 0.1) is 11.7 Å². The van der Waals surface area contributed by atoms with Crippen molar-refractivity contribution in [2.75, 3.05) is 14.1 Å². The van der Waals surface area contributed by atoms with Crippen LogP contribution in [0.2, 0.25) is 0 Å². The largest absolute Gasteiger partial charge is 0.393 e. The predicted molar refractivity (Wildman–Crippen MR) is 141 cm³/mol. The van der Waals surface area contributed by atoms with Crippen LogP contribution >= 0.6 is 0 Å². The number of aliphatic hydroxyl groups is 3. The third kappa shape index (κ3) is 3.85. The second-order valence-electron chi connectivity index (χ2n) is 11.5. The van der Waals surface area contributed by atoms with Crippen molar-refractivity contribution in [3.05, 3.63) is 59.9 Å². The van der Waals surface area contributed by atoms with Crippen molar-refractivity contribution in [1.82, 2.24) is 10.3 Å². The quantitative estimate of drug-likeness (QED) is 0.437. The molecular formula is C30H39FN2O3. The van der Waals surface area contributed by atoms with E-state index in [-0.39, 0.29) is 23.7 Å². The molecular weight excluding hydrogens is 455 g/mol. The second kappa shape index (κ2) is 9.32. The molecule has 6 unspecified atom stereocenters. The lowest BCUT2D eigenvalue weighted by Crippen LogP contribution is -2.55. The zero-order valence-electron chi connectivity index (χ0n) is 21.5. The molecule has 0 amide bonds. The van der Waals surface area contributed by atoms with Gasteiger partial charge in [-0.15, -0.1) is 0 Å². The molecule has 2 saturated carbocycles. The van der Waals surface area contributed by atoms with Gasteiger partial charge in [0, 0.05) is 35.5 Å². The Morgan fingerprint density at radius 2 is 1.83 bits per heavy atom. The molecule has 0 saturated heterocycles. The van der Waals surface area contributed by atoms with E-state index < -0.39 is 23.5 Å². The Bertz CT molecular complexity index is 1200. The van der Waals surface area contributed by atoms with Gasteiger partial charge in [0.25, 0.3) is 0 Å². The Labute approximate surface area is 213 Å². The van der Waals surface area contributed by atoms with Crippen LogP contribution in [0.15, 0.2) is 54.4 Å². The van der Waals surface area contributed by atoms with Crippen LogP contribution in [0.5, 0.6) is 0 Å². The number of benzene rings is 1. The van der Waals surface area contributed by atoms with Crippen LogP contribution in [0, 0.1) is 17.3 Å². The lowest BCUT2D eigenvalue weighted by molar-refractivity contribution is -0.0963. The molecule has 7 atom stereocenters. The Hall–Kier alpha value is -2.12. The Kier molecular flexibility index (Phi) is 6.61. The summed E-state index contributed by atoms with van der Waals surface area (Å²) in [7, 11) is 3.75. The van der Waals surface area contributed by atoms with Gasteiger partial charge < -0.3 is 20.6 Å². The summed E-state index contributed by atoms with van der Waals surface area (Å²) in [5.74, 6) is -0.447. The molecule has 194 valence electrons. The number of rotatable bonds is 1. The second-order valence-corrected chi connectivity index (χ2v) is 11.5. The van der Waals surface area contributed by atoms with E-state index in [1.165, 1.54) is 5.57 Å². The Balaban J connectivity index is 0.000000848. The number of fused-ring (bicyclic) bond motifs is 5. The number of nitrogens with one attached hydrogen (secondary N) is 1. The molecule has 0 bridgehead atoms. The van der Waals surface area contributed by atoms with Crippen molar-refractivity contribution >= 4 is 16.3 Å². The minimum atomic E-state index is -1.87. The molecule has 0 radical (unpaired) electrons. The normalized spacial score (nSPS) is 39.5. The van der Waals surface area contributed by atoms with Crippen LogP contribution in [0.3, 0.4) is 0 Å². The van der Waals surface area contributed by atoms with E-state index >= 15 is 4.39 Å². The minimum Gasteiger partial charge on any atom is -0.393 e. The standard InChI is InChI=1S/C28H32FNO3.C2H7N/c1-26-11-9-23-25(32)27(29)15-21(31)5-4-20(27)8-12-28(23,33)24(26)7-6-22(26)18-2-3-19-16-30-13-10-17(19)14-18;1-3-2/h2-3,6,9-10,13-14,16,20-21,24-25,31-33H,4-5,7-8,11-12,15H2,1H3;3H,1-2H3/t20?,21?,24?,25?,26?,27?,28-;/m1./s1. The van der Waals surface area contributed by atoms with E-state index in [0.29, 0.717) is 44.1 Å². The molecule has 5 nitrogen and oxygen atoms in total. The van der Waals surface area contributed by atoms with Crippen LogP contribution in [-0.2, 0) is 0 Å². The van der Waals surface area contributed by atoms with Gasteiger partial charge in [-0.1, -0.05) is 31.2 Å². The fourth-order valence-electron chi connectivity index (χ4n) is 7.59. The summed E-state index contributed by atoms with van der Waals surface area (Å²) in [6.45, 7) is 2.21. The molecule has 36 heavy (non-hydrogen) atoms. The van der Waals surface area contributed by atoms with E-state index in [1.807, 2.05) is 32.4 Å². The third-order valence-electron chi connectivity index (χ3n) is 9.41. The number of nitrogens with zero attached hydrogens (tertiary/aromatic N) is 1. The van der Waals surface area contributed by atoms with Gasteiger partial charge in [-0.05, 0) is 92.8 Å². The molecule has 4 N–H and O–H groups in total. The maximum absolute atomic E-state index is 16.2. The Morgan fingerprint density at radius 1 is 1.06 bits per heavy atom. The maximum Gasteiger partial charge on any atom is 0.145 e. The molecule has 1 aromatic carbocycles. The van der Waals surface area contributed by atoms with Gasteiger partial charge in [0.1, 0.15) is 11.8 Å². The fourth-order valence-corrected chi connectivity index (χ4v) is 7.59. The molecule has 6 heteroatoms. The van der Waals surface area contributed by atoms with Crippen LogP contribution in [0.1, 0.15) is 57.4 Å². The number of allylic oxidation sites excluding steroid dienone is 3. The summed E-state index contributed by atoms with van der Waals surface area (Å²) < 4.78 is 16.2. The summed E-state index contributed by atoms with van der Waals surface area (Å²) in [6, 6.07) is 8.42. The summed E-state index contributed by atoms with van der Waals surface area (Å²) in [4.78, 5) is 4.20. The molecule has 2 aromatic rings. The molecule has 4 aliphatic carbocycles. The van der Waals surface area contributed by atoms with Gasteiger partial charge in [0.2, 0.25) is 0 Å². The number of aliphatic hydroxyl groups excluding tert-OH is 2. The topological polar surface area (TPSA) is 85.6 Å². The highest BCUT2D eigenvalue weighted by molar-refractivity contribution is 5.87. The first-order valence-electron chi connectivity index (χ1n) is 13.3. The van der Waals surface area contributed by atoms with E-state index in [2.05, 4.69) is 41.5 Å². The zero-order chi connectivity index (χ0) is 25.7.